The minimum absolute atomic E-state index is 0.271. The van der Waals surface area contributed by atoms with E-state index in [0.717, 1.165) is 16.9 Å². The summed E-state index contributed by atoms with van der Waals surface area (Å²) in [4.78, 5) is 21.8. The van der Waals surface area contributed by atoms with Gasteiger partial charge in [0, 0.05) is 11.3 Å². The first-order valence-electron chi connectivity index (χ1n) is 10.2. The molecule has 0 saturated heterocycles. The van der Waals surface area contributed by atoms with E-state index in [1.165, 1.54) is 6.33 Å². The van der Waals surface area contributed by atoms with E-state index < -0.39 is 0 Å². The highest BCUT2D eigenvalue weighted by Crippen LogP contribution is 2.28. The van der Waals surface area contributed by atoms with Crippen LogP contribution in [0.1, 0.15) is 21.6 Å². The van der Waals surface area contributed by atoms with Gasteiger partial charge in [-0.15, -0.1) is 0 Å². The number of pyridine rings is 1. The Balaban J connectivity index is 1.44. The van der Waals surface area contributed by atoms with Crippen LogP contribution in [0.25, 0.3) is 22.4 Å². The van der Waals surface area contributed by atoms with Gasteiger partial charge in [-0.2, -0.15) is 5.10 Å². The zero-order chi connectivity index (χ0) is 22.8. The Morgan fingerprint density at radius 3 is 2.61 bits per heavy atom. The number of aromatic nitrogens is 5. The molecule has 0 radical (unpaired) electrons. The third kappa shape index (κ3) is 4.16. The molecule has 0 saturated carbocycles. The topological polar surface area (TPSA) is 108 Å². The molecule has 33 heavy (non-hydrogen) atoms. The van der Waals surface area contributed by atoms with Gasteiger partial charge in [0.05, 0.1) is 36.0 Å². The van der Waals surface area contributed by atoms with Crippen LogP contribution in [0.2, 0.25) is 0 Å². The summed E-state index contributed by atoms with van der Waals surface area (Å²) in [6, 6.07) is 16.8. The highest BCUT2D eigenvalue weighted by molar-refractivity contribution is 6.13. The van der Waals surface area contributed by atoms with E-state index in [1.54, 1.807) is 31.1 Å². The largest absolute Gasteiger partial charge is 0.497 e. The quantitative estimate of drug-likeness (QED) is 0.423. The SMILES string of the molecule is COc1ccc(-c2cc(C(=O)Nc3ccc(Cn4cncn4)cc3)c3c(C)noc3n2)cc1. The normalized spacial score (nSPS) is 11.0. The molecule has 5 aromatic rings. The van der Waals surface area contributed by atoms with Crippen LogP contribution in [0.4, 0.5) is 5.69 Å². The smallest absolute Gasteiger partial charge is 0.259 e. The molecule has 1 amide bonds. The summed E-state index contributed by atoms with van der Waals surface area (Å²) in [5, 5.41) is 11.7. The maximum atomic E-state index is 13.3. The molecule has 164 valence electrons. The molecule has 0 bridgehead atoms. The second-order valence-electron chi connectivity index (χ2n) is 7.48. The van der Waals surface area contributed by atoms with E-state index in [-0.39, 0.29) is 5.91 Å². The van der Waals surface area contributed by atoms with Crippen LogP contribution in [0.3, 0.4) is 0 Å². The van der Waals surface area contributed by atoms with E-state index in [1.807, 2.05) is 48.5 Å². The van der Waals surface area contributed by atoms with Gasteiger partial charge < -0.3 is 14.6 Å². The van der Waals surface area contributed by atoms with Crippen molar-refractivity contribution in [1.29, 1.82) is 0 Å². The average molecular weight is 440 g/mol. The zero-order valence-electron chi connectivity index (χ0n) is 18.0. The second kappa shape index (κ2) is 8.54. The van der Waals surface area contributed by atoms with Crippen molar-refractivity contribution < 1.29 is 14.1 Å². The maximum Gasteiger partial charge on any atom is 0.259 e. The first-order chi connectivity index (χ1) is 16.1. The second-order valence-corrected chi connectivity index (χ2v) is 7.48. The number of carbonyl (C=O) groups is 1. The van der Waals surface area contributed by atoms with Gasteiger partial charge in [0.2, 0.25) is 0 Å². The summed E-state index contributed by atoms with van der Waals surface area (Å²) < 4.78 is 12.3. The van der Waals surface area contributed by atoms with E-state index in [9.17, 15) is 4.79 Å². The lowest BCUT2D eigenvalue weighted by Gasteiger charge is -2.09. The predicted molar refractivity (Wildman–Crippen MR) is 122 cm³/mol. The molecule has 5 rings (SSSR count). The molecule has 3 heterocycles. The maximum absolute atomic E-state index is 13.3. The number of amides is 1. The molecule has 3 aromatic heterocycles. The molecule has 0 aliphatic carbocycles. The molecule has 1 N–H and O–H groups in total. The van der Waals surface area contributed by atoms with Crippen molar-refractivity contribution in [2.45, 2.75) is 13.5 Å². The Morgan fingerprint density at radius 1 is 1.12 bits per heavy atom. The third-order valence-corrected chi connectivity index (χ3v) is 5.27. The lowest BCUT2D eigenvalue weighted by atomic mass is 10.0. The number of fused-ring (bicyclic) bond motifs is 1. The molecule has 2 aromatic carbocycles. The Bertz CT molecular complexity index is 1410. The van der Waals surface area contributed by atoms with Crippen LogP contribution in [0.5, 0.6) is 5.75 Å². The van der Waals surface area contributed by atoms with Crippen LogP contribution >= 0.6 is 0 Å². The summed E-state index contributed by atoms with van der Waals surface area (Å²) in [6.07, 6.45) is 3.16. The highest BCUT2D eigenvalue weighted by atomic mass is 16.5. The molecular weight excluding hydrogens is 420 g/mol. The Labute approximate surface area is 189 Å². The summed E-state index contributed by atoms with van der Waals surface area (Å²) >= 11 is 0. The summed E-state index contributed by atoms with van der Waals surface area (Å²) in [7, 11) is 1.61. The standard InChI is InChI=1S/C24H20N6O3/c1-15-22-20(11-21(28-24(22)33-29-15)17-5-9-19(32-2)10-6-17)23(31)27-18-7-3-16(4-8-18)12-30-14-25-13-26-30/h3-11,13-14H,12H2,1-2H3,(H,27,31). The van der Waals surface area contributed by atoms with Gasteiger partial charge in [0.15, 0.2) is 0 Å². The number of anilines is 1. The lowest BCUT2D eigenvalue weighted by molar-refractivity contribution is 0.102. The third-order valence-electron chi connectivity index (χ3n) is 5.27. The van der Waals surface area contributed by atoms with Crippen LogP contribution in [0, 0.1) is 6.92 Å². The number of nitrogens with zero attached hydrogens (tertiary/aromatic N) is 5. The number of carbonyl (C=O) groups excluding carboxylic acids is 1. The molecule has 9 heteroatoms. The Kier molecular flexibility index (Phi) is 5.27. The molecule has 0 spiro atoms. The van der Waals surface area contributed by atoms with Crippen LogP contribution in [-0.2, 0) is 6.54 Å². The van der Waals surface area contributed by atoms with Crippen LogP contribution < -0.4 is 10.1 Å². The van der Waals surface area contributed by atoms with Crippen LogP contribution in [-0.4, -0.2) is 37.9 Å². The van der Waals surface area contributed by atoms with E-state index >= 15 is 0 Å². The molecular formula is C24H20N6O3. The fourth-order valence-corrected chi connectivity index (χ4v) is 3.58. The monoisotopic (exact) mass is 440 g/mol. The first-order valence-corrected chi connectivity index (χ1v) is 10.2. The van der Waals surface area contributed by atoms with Gasteiger partial charge in [-0.1, -0.05) is 17.3 Å². The minimum Gasteiger partial charge on any atom is -0.497 e. The number of methoxy groups -OCH3 is 1. The summed E-state index contributed by atoms with van der Waals surface area (Å²) in [5.74, 6) is 0.466. The minimum atomic E-state index is -0.271. The Hall–Kier alpha value is -4.53. The van der Waals surface area contributed by atoms with Gasteiger partial charge in [-0.3, -0.25) is 4.79 Å². The fraction of sp³-hybridized carbons (Fsp3) is 0.125. The van der Waals surface area contributed by atoms with Gasteiger partial charge in [0.25, 0.3) is 11.6 Å². The molecule has 0 atom stereocenters. The van der Waals surface area contributed by atoms with Gasteiger partial charge in [-0.25, -0.2) is 14.6 Å². The molecule has 0 aliphatic heterocycles. The van der Waals surface area contributed by atoms with Crippen molar-refractivity contribution in [3.8, 4) is 17.0 Å². The number of ether oxygens (including phenoxy) is 1. The van der Waals surface area contributed by atoms with Crippen molar-refractivity contribution in [2.75, 3.05) is 12.4 Å². The van der Waals surface area contributed by atoms with Gasteiger partial charge in [-0.05, 0) is 55.0 Å². The predicted octanol–water partition coefficient (Wildman–Crippen LogP) is 4.10. The van der Waals surface area contributed by atoms with Crippen molar-refractivity contribution in [3.63, 3.8) is 0 Å². The van der Waals surface area contributed by atoms with Gasteiger partial charge in [0.1, 0.15) is 18.4 Å². The highest BCUT2D eigenvalue weighted by Gasteiger charge is 2.19. The molecule has 0 unspecified atom stereocenters. The molecule has 0 fully saturated rings. The Morgan fingerprint density at radius 2 is 1.91 bits per heavy atom. The van der Waals surface area contributed by atoms with Gasteiger partial charge >= 0.3 is 0 Å². The number of nitrogens with one attached hydrogen (secondary N) is 1. The van der Waals surface area contributed by atoms with Crippen molar-refractivity contribution in [3.05, 3.63) is 84.1 Å². The van der Waals surface area contributed by atoms with E-state index in [0.29, 0.717) is 40.3 Å². The number of hydrogen-bond donors (Lipinski definition) is 1. The number of aryl methyl sites for hydroxylation is 1. The lowest BCUT2D eigenvalue weighted by Crippen LogP contribution is -2.13. The number of rotatable bonds is 6. The number of hydrogen-bond acceptors (Lipinski definition) is 7. The van der Waals surface area contributed by atoms with Crippen molar-refractivity contribution in [2.24, 2.45) is 0 Å². The zero-order valence-corrected chi connectivity index (χ0v) is 18.0. The average Bonchev–Trinajstić information content (AvgIpc) is 3.49. The fourth-order valence-electron chi connectivity index (χ4n) is 3.58. The van der Waals surface area contributed by atoms with Crippen molar-refractivity contribution >= 4 is 22.7 Å². The van der Waals surface area contributed by atoms with E-state index in [4.69, 9.17) is 9.26 Å². The number of benzene rings is 2. The summed E-state index contributed by atoms with van der Waals surface area (Å²) in [6.45, 7) is 2.39. The van der Waals surface area contributed by atoms with Crippen LogP contribution in [0.15, 0.2) is 71.8 Å². The summed E-state index contributed by atoms with van der Waals surface area (Å²) in [5.41, 5.74) is 4.51. The van der Waals surface area contributed by atoms with Crippen molar-refractivity contribution in [1.82, 2.24) is 24.9 Å². The van der Waals surface area contributed by atoms with E-state index in [2.05, 4.69) is 25.5 Å². The molecule has 0 aliphatic rings. The molecule has 9 nitrogen and oxygen atoms in total. The first kappa shape index (κ1) is 20.4.